The van der Waals surface area contributed by atoms with Crippen LogP contribution in [0.4, 0.5) is 0 Å². The van der Waals surface area contributed by atoms with Crippen LogP contribution < -0.4 is 5.73 Å². The highest BCUT2D eigenvalue weighted by Gasteiger charge is 2.26. The van der Waals surface area contributed by atoms with Gasteiger partial charge in [-0.2, -0.15) is 0 Å². The van der Waals surface area contributed by atoms with E-state index in [0.29, 0.717) is 5.84 Å². The van der Waals surface area contributed by atoms with Crippen LogP contribution in [-0.2, 0) is 6.54 Å². The Morgan fingerprint density at radius 3 is 3.06 bits per heavy atom. The summed E-state index contributed by atoms with van der Waals surface area (Å²) in [5.41, 5.74) is 6.74. The van der Waals surface area contributed by atoms with E-state index < -0.39 is 0 Å². The predicted molar refractivity (Wildman–Crippen MR) is 73.4 cm³/mol. The van der Waals surface area contributed by atoms with E-state index in [0.717, 1.165) is 42.5 Å². The first kappa shape index (κ1) is 13.3. The summed E-state index contributed by atoms with van der Waals surface area (Å²) in [6.07, 6.45) is 4.99. The van der Waals surface area contributed by atoms with Gasteiger partial charge in [0.15, 0.2) is 5.84 Å². The predicted octanol–water partition coefficient (Wildman–Crippen LogP) is 1.94. The van der Waals surface area contributed by atoms with Gasteiger partial charge < -0.3 is 10.9 Å². The molecule has 6 heteroatoms. The third-order valence-corrected chi connectivity index (χ3v) is 3.69. The quantitative estimate of drug-likeness (QED) is 0.387. The number of aromatic nitrogens is 1. The summed E-state index contributed by atoms with van der Waals surface area (Å²) in [5.74, 6) is 0.298. The van der Waals surface area contributed by atoms with E-state index in [1.807, 2.05) is 12.1 Å². The number of nitrogens with zero attached hydrogens (tertiary/aromatic N) is 3. The fraction of sp³-hybridized carbons (Fsp3) is 0.500. The van der Waals surface area contributed by atoms with Crippen molar-refractivity contribution in [1.82, 2.24) is 9.88 Å². The van der Waals surface area contributed by atoms with Crippen molar-refractivity contribution in [2.75, 3.05) is 6.54 Å². The van der Waals surface area contributed by atoms with E-state index >= 15 is 0 Å². The van der Waals surface area contributed by atoms with Crippen molar-refractivity contribution in [3.8, 4) is 0 Å². The third-order valence-electron chi connectivity index (χ3n) is 3.22. The SMILES string of the molecule is N/C(=N/O)C1CCCCN1Cc1ccc(Br)cn1. The maximum absolute atomic E-state index is 8.82. The van der Waals surface area contributed by atoms with Gasteiger partial charge in [-0.3, -0.25) is 9.88 Å². The Bertz CT molecular complexity index is 421. The number of hydrogen-bond acceptors (Lipinski definition) is 4. The molecule has 1 unspecified atom stereocenters. The molecule has 1 aromatic heterocycles. The molecule has 1 aliphatic rings. The Labute approximate surface area is 115 Å². The van der Waals surface area contributed by atoms with Crippen LogP contribution in [0.15, 0.2) is 28.0 Å². The molecule has 18 heavy (non-hydrogen) atoms. The summed E-state index contributed by atoms with van der Waals surface area (Å²) in [7, 11) is 0. The fourth-order valence-electron chi connectivity index (χ4n) is 2.29. The van der Waals surface area contributed by atoms with Crippen LogP contribution in [0.1, 0.15) is 25.0 Å². The van der Waals surface area contributed by atoms with Crippen LogP contribution in [0, 0.1) is 0 Å². The lowest BCUT2D eigenvalue weighted by Crippen LogP contribution is -2.47. The van der Waals surface area contributed by atoms with Gasteiger partial charge >= 0.3 is 0 Å². The summed E-state index contributed by atoms with van der Waals surface area (Å²) in [4.78, 5) is 6.58. The minimum absolute atomic E-state index is 0.0224. The van der Waals surface area contributed by atoms with Gasteiger partial charge in [-0.25, -0.2) is 0 Å². The summed E-state index contributed by atoms with van der Waals surface area (Å²) in [6.45, 7) is 1.69. The molecule has 0 bridgehead atoms. The summed E-state index contributed by atoms with van der Waals surface area (Å²) in [5, 5.41) is 12.0. The first-order valence-corrected chi connectivity index (χ1v) is 6.82. The van der Waals surface area contributed by atoms with Gasteiger partial charge in [0, 0.05) is 17.2 Å². The van der Waals surface area contributed by atoms with Crippen molar-refractivity contribution < 1.29 is 5.21 Å². The summed E-state index contributed by atoms with van der Waals surface area (Å²) in [6, 6.07) is 3.99. The van der Waals surface area contributed by atoms with Crippen LogP contribution in [0.25, 0.3) is 0 Å². The Hall–Kier alpha value is -1.14. The van der Waals surface area contributed by atoms with E-state index in [4.69, 9.17) is 10.9 Å². The van der Waals surface area contributed by atoms with E-state index in [9.17, 15) is 0 Å². The molecule has 0 aromatic carbocycles. The number of hydrogen-bond donors (Lipinski definition) is 2. The number of piperidine rings is 1. The molecule has 1 aromatic rings. The molecule has 2 heterocycles. The van der Waals surface area contributed by atoms with Gasteiger partial charge in [-0.1, -0.05) is 11.6 Å². The van der Waals surface area contributed by atoms with E-state index in [2.05, 4.69) is 31.0 Å². The Morgan fingerprint density at radius 2 is 2.39 bits per heavy atom. The topological polar surface area (TPSA) is 74.7 Å². The van der Waals surface area contributed by atoms with Gasteiger partial charge in [-0.15, -0.1) is 0 Å². The highest BCUT2D eigenvalue weighted by Crippen LogP contribution is 2.19. The highest BCUT2D eigenvalue weighted by molar-refractivity contribution is 9.10. The molecule has 0 radical (unpaired) electrons. The lowest BCUT2D eigenvalue weighted by Gasteiger charge is -2.34. The average molecular weight is 313 g/mol. The summed E-state index contributed by atoms with van der Waals surface area (Å²) >= 11 is 3.37. The fourth-order valence-corrected chi connectivity index (χ4v) is 2.52. The second-order valence-corrected chi connectivity index (χ2v) is 5.39. The molecule has 0 amide bonds. The van der Waals surface area contributed by atoms with Gasteiger partial charge in [0.25, 0.3) is 0 Å². The zero-order valence-electron chi connectivity index (χ0n) is 10.1. The molecule has 3 N–H and O–H groups in total. The maximum Gasteiger partial charge on any atom is 0.156 e. The molecule has 5 nitrogen and oxygen atoms in total. The van der Waals surface area contributed by atoms with Crippen LogP contribution in [-0.4, -0.2) is 33.5 Å². The molecule has 0 saturated carbocycles. The van der Waals surface area contributed by atoms with Crippen molar-refractivity contribution in [2.45, 2.75) is 31.8 Å². The molecule has 1 atom stereocenters. The van der Waals surface area contributed by atoms with Crippen molar-refractivity contribution in [3.05, 3.63) is 28.5 Å². The molecule has 1 saturated heterocycles. The Morgan fingerprint density at radius 1 is 1.56 bits per heavy atom. The average Bonchev–Trinajstić information content (AvgIpc) is 2.41. The number of amidine groups is 1. The number of rotatable bonds is 3. The molecular weight excluding hydrogens is 296 g/mol. The second kappa shape index (κ2) is 6.15. The van der Waals surface area contributed by atoms with Crippen molar-refractivity contribution in [1.29, 1.82) is 0 Å². The maximum atomic E-state index is 8.82. The van der Waals surface area contributed by atoms with Gasteiger partial charge in [0.05, 0.1) is 11.7 Å². The Balaban J connectivity index is 2.07. The first-order chi connectivity index (χ1) is 8.70. The smallest absolute Gasteiger partial charge is 0.156 e. The molecule has 0 aliphatic carbocycles. The van der Waals surface area contributed by atoms with Crippen LogP contribution >= 0.6 is 15.9 Å². The van der Waals surface area contributed by atoms with Gasteiger partial charge in [0.2, 0.25) is 0 Å². The normalized spacial score (nSPS) is 22.1. The second-order valence-electron chi connectivity index (χ2n) is 4.47. The Kier molecular flexibility index (Phi) is 4.54. The largest absolute Gasteiger partial charge is 0.409 e. The van der Waals surface area contributed by atoms with E-state index in [-0.39, 0.29) is 6.04 Å². The first-order valence-electron chi connectivity index (χ1n) is 6.02. The van der Waals surface area contributed by atoms with E-state index in [1.165, 1.54) is 0 Å². The van der Waals surface area contributed by atoms with Crippen LogP contribution in [0.5, 0.6) is 0 Å². The van der Waals surface area contributed by atoms with Crippen molar-refractivity contribution in [3.63, 3.8) is 0 Å². The monoisotopic (exact) mass is 312 g/mol. The van der Waals surface area contributed by atoms with Crippen LogP contribution in [0.2, 0.25) is 0 Å². The highest BCUT2D eigenvalue weighted by atomic mass is 79.9. The van der Waals surface area contributed by atoms with E-state index in [1.54, 1.807) is 6.20 Å². The standard InChI is InChI=1S/C12H17BrN4O/c13-9-4-5-10(15-7-9)8-17-6-2-1-3-11(17)12(14)16-18/h4-5,7,11,18H,1-3,6,8H2,(H2,14,16). The van der Waals surface area contributed by atoms with Crippen LogP contribution in [0.3, 0.4) is 0 Å². The number of nitrogens with two attached hydrogens (primary N) is 1. The lowest BCUT2D eigenvalue weighted by atomic mass is 10.0. The number of oxime groups is 1. The molecule has 1 aliphatic heterocycles. The minimum Gasteiger partial charge on any atom is -0.409 e. The van der Waals surface area contributed by atoms with Gasteiger partial charge in [0.1, 0.15) is 0 Å². The number of halogens is 1. The number of likely N-dealkylation sites (tertiary alicyclic amines) is 1. The summed E-state index contributed by atoms with van der Waals surface area (Å²) < 4.78 is 0.970. The number of pyridine rings is 1. The zero-order valence-corrected chi connectivity index (χ0v) is 11.7. The molecule has 1 fully saturated rings. The minimum atomic E-state index is 0.0224. The molecule has 0 spiro atoms. The molecule has 98 valence electrons. The third kappa shape index (κ3) is 3.20. The zero-order chi connectivity index (χ0) is 13.0. The molecular formula is C12H17BrN4O. The van der Waals surface area contributed by atoms with Crippen molar-refractivity contribution in [2.24, 2.45) is 10.9 Å². The van der Waals surface area contributed by atoms with Gasteiger partial charge in [-0.05, 0) is 47.4 Å². The lowest BCUT2D eigenvalue weighted by molar-refractivity contribution is 0.176. The molecule has 2 rings (SSSR count). The van der Waals surface area contributed by atoms with Crippen molar-refractivity contribution >= 4 is 21.8 Å².